The van der Waals surface area contributed by atoms with Crippen molar-refractivity contribution in [1.82, 2.24) is 10.3 Å². The zero-order chi connectivity index (χ0) is 14.9. The average molecular weight is 282 g/mol. The summed E-state index contributed by atoms with van der Waals surface area (Å²) in [6.07, 6.45) is 8.75. The van der Waals surface area contributed by atoms with E-state index in [1.807, 2.05) is 12.4 Å². The van der Waals surface area contributed by atoms with Crippen molar-refractivity contribution in [2.45, 2.75) is 51.6 Å². The zero-order valence-corrected chi connectivity index (χ0v) is 13.1. The molecule has 112 valence electrons. The second-order valence-corrected chi connectivity index (χ2v) is 5.63. The van der Waals surface area contributed by atoms with E-state index in [9.17, 15) is 0 Å². The molecule has 1 heterocycles. The Kier molecular flexibility index (Phi) is 6.42. The van der Waals surface area contributed by atoms with Gasteiger partial charge in [0.25, 0.3) is 0 Å². The Hall–Kier alpha value is -1.67. The fraction of sp³-hybridized carbons (Fsp3) is 0.421. The summed E-state index contributed by atoms with van der Waals surface area (Å²) in [5.41, 5.74) is 2.68. The lowest BCUT2D eigenvalue weighted by Crippen LogP contribution is -2.24. The minimum absolute atomic E-state index is 0.333. The van der Waals surface area contributed by atoms with Gasteiger partial charge in [-0.25, -0.2) is 0 Å². The van der Waals surface area contributed by atoms with Crippen molar-refractivity contribution < 1.29 is 0 Å². The Morgan fingerprint density at radius 1 is 0.952 bits per heavy atom. The summed E-state index contributed by atoms with van der Waals surface area (Å²) >= 11 is 0. The molecule has 0 amide bonds. The minimum atomic E-state index is 0.333. The lowest BCUT2D eigenvalue weighted by atomic mass is 9.98. The molecule has 0 saturated heterocycles. The van der Waals surface area contributed by atoms with E-state index >= 15 is 0 Å². The maximum atomic E-state index is 4.10. The van der Waals surface area contributed by atoms with Crippen molar-refractivity contribution in [2.75, 3.05) is 0 Å². The second-order valence-electron chi connectivity index (χ2n) is 5.63. The molecular formula is C19H26N2. The SMILES string of the molecule is CCCCCC(N[C@H](C)c1ccncc1)c1ccccc1. The van der Waals surface area contributed by atoms with Gasteiger partial charge in [-0.1, -0.05) is 56.5 Å². The van der Waals surface area contributed by atoms with Crippen LogP contribution in [-0.4, -0.2) is 4.98 Å². The van der Waals surface area contributed by atoms with Gasteiger partial charge in [0.1, 0.15) is 0 Å². The second kappa shape index (κ2) is 8.58. The van der Waals surface area contributed by atoms with Crippen molar-refractivity contribution in [2.24, 2.45) is 0 Å². The van der Waals surface area contributed by atoms with E-state index in [-0.39, 0.29) is 0 Å². The van der Waals surface area contributed by atoms with Crippen LogP contribution in [0, 0.1) is 0 Å². The third-order valence-electron chi connectivity index (χ3n) is 3.96. The van der Waals surface area contributed by atoms with E-state index in [4.69, 9.17) is 0 Å². The van der Waals surface area contributed by atoms with E-state index in [1.165, 1.54) is 36.8 Å². The minimum Gasteiger partial charge on any atom is -0.303 e. The maximum Gasteiger partial charge on any atom is 0.0325 e. The van der Waals surface area contributed by atoms with Crippen molar-refractivity contribution in [3.8, 4) is 0 Å². The van der Waals surface area contributed by atoms with Gasteiger partial charge in [0.2, 0.25) is 0 Å². The summed E-state index contributed by atoms with van der Waals surface area (Å²) < 4.78 is 0. The summed E-state index contributed by atoms with van der Waals surface area (Å²) in [7, 11) is 0. The van der Waals surface area contributed by atoms with Gasteiger partial charge in [0.05, 0.1) is 0 Å². The smallest absolute Gasteiger partial charge is 0.0325 e. The van der Waals surface area contributed by atoms with Crippen LogP contribution in [0.1, 0.15) is 62.7 Å². The van der Waals surface area contributed by atoms with Crippen molar-refractivity contribution in [1.29, 1.82) is 0 Å². The molecule has 0 aliphatic rings. The van der Waals surface area contributed by atoms with Gasteiger partial charge >= 0.3 is 0 Å². The first-order chi connectivity index (χ1) is 10.3. The Morgan fingerprint density at radius 3 is 2.33 bits per heavy atom. The molecule has 0 aliphatic heterocycles. The van der Waals surface area contributed by atoms with Gasteiger partial charge in [-0.15, -0.1) is 0 Å². The van der Waals surface area contributed by atoms with Crippen LogP contribution < -0.4 is 5.32 Å². The molecule has 0 radical (unpaired) electrons. The number of pyridine rings is 1. The molecule has 1 aromatic heterocycles. The van der Waals surface area contributed by atoms with Crippen LogP contribution >= 0.6 is 0 Å². The van der Waals surface area contributed by atoms with E-state index in [0.29, 0.717) is 12.1 Å². The summed E-state index contributed by atoms with van der Waals surface area (Å²) in [5, 5.41) is 3.78. The van der Waals surface area contributed by atoms with Crippen LogP contribution in [0.3, 0.4) is 0 Å². The fourth-order valence-electron chi connectivity index (χ4n) is 2.68. The Morgan fingerprint density at radius 2 is 1.67 bits per heavy atom. The van der Waals surface area contributed by atoms with Crippen LogP contribution in [0.15, 0.2) is 54.9 Å². The molecule has 0 saturated carbocycles. The largest absolute Gasteiger partial charge is 0.303 e. The highest BCUT2D eigenvalue weighted by Gasteiger charge is 2.14. The summed E-state index contributed by atoms with van der Waals surface area (Å²) in [6.45, 7) is 4.48. The van der Waals surface area contributed by atoms with E-state index in [2.05, 4.69) is 66.6 Å². The molecule has 2 heteroatoms. The van der Waals surface area contributed by atoms with Gasteiger partial charge in [-0.3, -0.25) is 4.98 Å². The van der Waals surface area contributed by atoms with E-state index in [0.717, 1.165) is 0 Å². The molecule has 2 atom stereocenters. The van der Waals surface area contributed by atoms with Crippen molar-refractivity contribution >= 4 is 0 Å². The summed E-state index contributed by atoms with van der Waals surface area (Å²) in [6, 6.07) is 15.7. The Labute approximate surface area is 128 Å². The molecule has 1 N–H and O–H groups in total. The predicted molar refractivity (Wildman–Crippen MR) is 89.1 cm³/mol. The third-order valence-corrected chi connectivity index (χ3v) is 3.96. The van der Waals surface area contributed by atoms with Gasteiger partial charge in [-0.05, 0) is 36.6 Å². The molecule has 2 aromatic rings. The number of hydrogen-bond donors (Lipinski definition) is 1. The zero-order valence-electron chi connectivity index (χ0n) is 13.1. The molecule has 0 fully saturated rings. The first kappa shape index (κ1) is 15.7. The highest BCUT2D eigenvalue weighted by Crippen LogP contribution is 2.24. The number of rotatable bonds is 8. The summed E-state index contributed by atoms with van der Waals surface area (Å²) in [4.78, 5) is 4.10. The molecule has 1 unspecified atom stereocenters. The standard InChI is InChI=1S/C19H26N2/c1-3-4-6-11-19(18-9-7-5-8-10-18)21-16(2)17-12-14-20-15-13-17/h5,7-10,12-16,19,21H,3-4,6,11H2,1-2H3/t16-,19?/m1/s1. The molecule has 21 heavy (non-hydrogen) atoms. The predicted octanol–water partition coefficient (Wildman–Crippen LogP) is 5.05. The van der Waals surface area contributed by atoms with Gasteiger partial charge in [0, 0.05) is 24.5 Å². The number of aromatic nitrogens is 1. The van der Waals surface area contributed by atoms with E-state index in [1.54, 1.807) is 0 Å². The Bertz CT molecular complexity index is 495. The van der Waals surface area contributed by atoms with E-state index < -0.39 is 0 Å². The van der Waals surface area contributed by atoms with Crippen LogP contribution in [0.5, 0.6) is 0 Å². The lowest BCUT2D eigenvalue weighted by molar-refractivity contribution is 0.427. The molecular weight excluding hydrogens is 256 g/mol. The monoisotopic (exact) mass is 282 g/mol. The Balaban J connectivity index is 2.05. The van der Waals surface area contributed by atoms with Crippen LogP contribution in [0.2, 0.25) is 0 Å². The number of unbranched alkanes of at least 4 members (excludes halogenated alkanes) is 2. The highest BCUT2D eigenvalue weighted by molar-refractivity contribution is 5.21. The van der Waals surface area contributed by atoms with Crippen molar-refractivity contribution in [3.05, 3.63) is 66.0 Å². The van der Waals surface area contributed by atoms with Gasteiger partial charge in [0.15, 0.2) is 0 Å². The number of nitrogens with zero attached hydrogens (tertiary/aromatic N) is 1. The number of hydrogen-bond acceptors (Lipinski definition) is 2. The molecule has 0 aliphatic carbocycles. The van der Waals surface area contributed by atoms with Gasteiger partial charge in [-0.2, -0.15) is 0 Å². The van der Waals surface area contributed by atoms with Crippen molar-refractivity contribution in [3.63, 3.8) is 0 Å². The van der Waals surface area contributed by atoms with Crippen LogP contribution in [0.25, 0.3) is 0 Å². The highest BCUT2D eigenvalue weighted by atomic mass is 14.9. The average Bonchev–Trinajstić information content (AvgIpc) is 2.55. The summed E-state index contributed by atoms with van der Waals surface area (Å²) in [5.74, 6) is 0. The first-order valence-corrected chi connectivity index (χ1v) is 8.02. The molecule has 2 nitrogen and oxygen atoms in total. The molecule has 1 aromatic carbocycles. The first-order valence-electron chi connectivity index (χ1n) is 8.02. The molecule has 0 spiro atoms. The maximum absolute atomic E-state index is 4.10. The normalized spacial score (nSPS) is 13.8. The number of benzene rings is 1. The van der Waals surface area contributed by atoms with Crippen LogP contribution in [-0.2, 0) is 0 Å². The molecule has 0 bridgehead atoms. The lowest BCUT2D eigenvalue weighted by Gasteiger charge is -2.24. The third kappa shape index (κ3) is 4.98. The molecule has 2 rings (SSSR count). The quantitative estimate of drug-likeness (QED) is 0.685. The topological polar surface area (TPSA) is 24.9 Å². The van der Waals surface area contributed by atoms with Crippen LogP contribution in [0.4, 0.5) is 0 Å². The fourth-order valence-corrected chi connectivity index (χ4v) is 2.68. The number of nitrogens with one attached hydrogen (secondary N) is 1. The van der Waals surface area contributed by atoms with Gasteiger partial charge < -0.3 is 5.32 Å².